The lowest BCUT2D eigenvalue weighted by molar-refractivity contribution is 0.210. The molecule has 8 heteroatoms. The first-order valence-corrected chi connectivity index (χ1v) is 9.76. The van der Waals surface area contributed by atoms with Gasteiger partial charge in [0.25, 0.3) is 0 Å². The van der Waals surface area contributed by atoms with Crippen molar-refractivity contribution >= 4 is 23.4 Å². The summed E-state index contributed by atoms with van der Waals surface area (Å²) in [5.74, 6) is 1.01. The van der Waals surface area contributed by atoms with E-state index in [0.717, 1.165) is 10.7 Å². The Balaban J connectivity index is 1.73. The van der Waals surface area contributed by atoms with Gasteiger partial charge < -0.3 is 9.30 Å². The van der Waals surface area contributed by atoms with E-state index in [1.54, 1.807) is 12.1 Å². The van der Waals surface area contributed by atoms with Crippen LogP contribution < -0.4 is 4.74 Å². The summed E-state index contributed by atoms with van der Waals surface area (Å²) in [5, 5.41) is 9.45. The summed E-state index contributed by atoms with van der Waals surface area (Å²) < 4.78 is 34.0. The molecule has 1 atom stereocenters. The molecule has 27 heavy (non-hydrogen) atoms. The minimum absolute atomic E-state index is 0.204. The molecule has 3 aromatic rings. The summed E-state index contributed by atoms with van der Waals surface area (Å²) in [5.41, 5.74) is 0.996. The Hall–Kier alpha value is -2.12. The molecule has 4 nitrogen and oxygen atoms in total. The van der Waals surface area contributed by atoms with Crippen LogP contribution >= 0.6 is 23.4 Å². The van der Waals surface area contributed by atoms with Crippen LogP contribution in [0.4, 0.5) is 8.78 Å². The molecule has 0 saturated carbocycles. The predicted molar refractivity (Wildman–Crippen MR) is 102 cm³/mol. The zero-order valence-electron chi connectivity index (χ0n) is 14.8. The average Bonchev–Trinajstić information content (AvgIpc) is 3.06. The number of ether oxygens (including phenoxy) is 1. The number of aromatic nitrogens is 3. The molecule has 2 aromatic carbocycles. The summed E-state index contributed by atoms with van der Waals surface area (Å²) in [4.78, 5) is 0. The molecule has 0 radical (unpaired) electrons. The summed E-state index contributed by atoms with van der Waals surface area (Å²) in [6, 6.07) is 10.4. The van der Waals surface area contributed by atoms with E-state index in [-0.39, 0.29) is 10.8 Å². The Labute approximate surface area is 165 Å². The molecule has 1 heterocycles. The van der Waals surface area contributed by atoms with Crippen LogP contribution in [0.25, 0.3) is 0 Å². The minimum atomic E-state index is -0.420. The number of hydrogen-bond donors (Lipinski definition) is 0. The first-order valence-electron chi connectivity index (χ1n) is 8.40. The van der Waals surface area contributed by atoms with Crippen LogP contribution in [-0.4, -0.2) is 14.8 Å². The van der Waals surface area contributed by atoms with E-state index in [1.807, 2.05) is 18.4 Å². The second-order valence-electron chi connectivity index (χ2n) is 5.83. The predicted octanol–water partition coefficient (Wildman–Crippen LogP) is 5.66. The summed E-state index contributed by atoms with van der Waals surface area (Å²) in [6.45, 7) is 4.50. The van der Waals surface area contributed by atoms with E-state index in [1.165, 1.54) is 42.1 Å². The Morgan fingerprint density at radius 3 is 2.48 bits per heavy atom. The molecule has 1 unspecified atom stereocenters. The van der Waals surface area contributed by atoms with Gasteiger partial charge >= 0.3 is 0 Å². The molecular weight excluding hydrogens is 392 g/mol. The van der Waals surface area contributed by atoms with Gasteiger partial charge in [-0.25, -0.2) is 8.78 Å². The smallest absolute Gasteiger partial charge is 0.191 e. The van der Waals surface area contributed by atoms with Gasteiger partial charge in [0.2, 0.25) is 0 Å². The van der Waals surface area contributed by atoms with Gasteiger partial charge in [-0.3, -0.25) is 0 Å². The molecular formula is C19H18ClF2N3OS. The quantitative estimate of drug-likeness (QED) is 0.472. The first-order chi connectivity index (χ1) is 13.0. The molecule has 0 fully saturated rings. The highest BCUT2D eigenvalue weighted by atomic mass is 35.5. The highest BCUT2D eigenvalue weighted by Gasteiger charge is 2.19. The second-order valence-corrected chi connectivity index (χ2v) is 7.18. The fraction of sp³-hybridized carbons (Fsp3) is 0.263. The Bertz CT molecular complexity index is 918. The highest BCUT2D eigenvalue weighted by molar-refractivity contribution is 7.98. The van der Waals surface area contributed by atoms with Crippen LogP contribution in [0.3, 0.4) is 0 Å². The molecule has 0 saturated heterocycles. The Kier molecular flexibility index (Phi) is 6.34. The van der Waals surface area contributed by atoms with Crippen molar-refractivity contribution in [2.75, 3.05) is 0 Å². The van der Waals surface area contributed by atoms with Crippen molar-refractivity contribution < 1.29 is 13.5 Å². The summed E-state index contributed by atoms with van der Waals surface area (Å²) in [7, 11) is 0. The molecule has 0 spiro atoms. The van der Waals surface area contributed by atoms with Gasteiger partial charge in [0.15, 0.2) is 17.1 Å². The number of rotatable bonds is 7. The molecule has 0 N–H and O–H groups in total. The SMILES string of the molecule is CCn1c(SCc2ccc(F)cc2)nnc1C(C)Oc1ccc(F)cc1Cl. The van der Waals surface area contributed by atoms with E-state index in [2.05, 4.69) is 10.2 Å². The fourth-order valence-corrected chi connectivity index (χ4v) is 3.72. The monoisotopic (exact) mass is 409 g/mol. The molecule has 142 valence electrons. The lowest BCUT2D eigenvalue weighted by Crippen LogP contribution is -2.12. The molecule has 0 aliphatic carbocycles. The minimum Gasteiger partial charge on any atom is -0.481 e. The van der Waals surface area contributed by atoms with Crippen LogP contribution in [-0.2, 0) is 12.3 Å². The van der Waals surface area contributed by atoms with E-state index < -0.39 is 11.9 Å². The molecule has 0 aliphatic heterocycles. The van der Waals surface area contributed by atoms with Gasteiger partial charge in [-0.05, 0) is 49.7 Å². The van der Waals surface area contributed by atoms with E-state index >= 15 is 0 Å². The van der Waals surface area contributed by atoms with Crippen molar-refractivity contribution in [3.05, 3.63) is 70.5 Å². The lowest BCUT2D eigenvalue weighted by atomic mass is 10.2. The molecule has 0 amide bonds. The third kappa shape index (κ3) is 4.78. The van der Waals surface area contributed by atoms with Crippen molar-refractivity contribution in [3.8, 4) is 5.75 Å². The number of hydrogen-bond acceptors (Lipinski definition) is 4. The zero-order chi connectivity index (χ0) is 19.4. The number of benzene rings is 2. The van der Waals surface area contributed by atoms with Gasteiger partial charge in [-0.1, -0.05) is 35.5 Å². The van der Waals surface area contributed by atoms with E-state index in [4.69, 9.17) is 16.3 Å². The lowest BCUT2D eigenvalue weighted by Gasteiger charge is -2.16. The highest BCUT2D eigenvalue weighted by Crippen LogP contribution is 2.30. The molecule has 0 bridgehead atoms. The van der Waals surface area contributed by atoms with Crippen LogP contribution in [0.15, 0.2) is 47.6 Å². The van der Waals surface area contributed by atoms with Crippen molar-refractivity contribution in [3.63, 3.8) is 0 Å². The summed E-state index contributed by atoms with van der Waals surface area (Å²) >= 11 is 7.55. The third-order valence-corrected chi connectivity index (χ3v) is 5.24. The van der Waals surface area contributed by atoms with Gasteiger partial charge in [-0.15, -0.1) is 10.2 Å². The van der Waals surface area contributed by atoms with E-state index in [0.29, 0.717) is 23.9 Å². The largest absolute Gasteiger partial charge is 0.481 e. The topological polar surface area (TPSA) is 39.9 Å². The van der Waals surface area contributed by atoms with Crippen molar-refractivity contribution in [1.82, 2.24) is 14.8 Å². The number of thioether (sulfide) groups is 1. The maximum Gasteiger partial charge on any atom is 0.191 e. The zero-order valence-corrected chi connectivity index (χ0v) is 16.4. The van der Waals surface area contributed by atoms with Crippen molar-refractivity contribution in [2.24, 2.45) is 0 Å². The second kappa shape index (κ2) is 8.71. The maximum absolute atomic E-state index is 13.2. The number of nitrogens with zero attached hydrogens (tertiary/aromatic N) is 3. The summed E-state index contributed by atoms with van der Waals surface area (Å²) in [6.07, 6.45) is -0.416. The number of halogens is 3. The Morgan fingerprint density at radius 1 is 1.11 bits per heavy atom. The first kappa shape index (κ1) is 19.6. The van der Waals surface area contributed by atoms with Crippen LogP contribution in [0, 0.1) is 11.6 Å². The van der Waals surface area contributed by atoms with E-state index in [9.17, 15) is 8.78 Å². The van der Waals surface area contributed by atoms with Crippen LogP contribution in [0.1, 0.15) is 31.3 Å². The van der Waals surface area contributed by atoms with Gasteiger partial charge in [0, 0.05) is 12.3 Å². The Morgan fingerprint density at radius 2 is 1.81 bits per heavy atom. The van der Waals surface area contributed by atoms with Gasteiger partial charge in [0.1, 0.15) is 17.4 Å². The third-order valence-electron chi connectivity index (χ3n) is 3.90. The van der Waals surface area contributed by atoms with Crippen LogP contribution in [0.2, 0.25) is 5.02 Å². The normalized spacial score (nSPS) is 12.2. The molecule has 1 aromatic heterocycles. The standard InChI is InChI=1S/C19H18ClF2N3OS/c1-3-25-18(12(2)26-17-9-8-15(22)10-16(17)20)23-24-19(25)27-11-13-4-6-14(21)7-5-13/h4-10,12H,3,11H2,1-2H3. The average molecular weight is 410 g/mol. The van der Waals surface area contributed by atoms with Crippen molar-refractivity contribution in [2.45, 2.75) is 37.4 Å². The van der Waals surface area contributed by atoms with Crippen molar-refractivity contribution in [1.29, 1.82) is 0 Å². The van der Waals surface area contributed by atoms with Gasteiger partial charge in [-0.2, -0.15) is 0 Å². The fourth-order valence-electron chi connectivity index (χ4n) is 2.55. The van der Waals surface area contributed by atoms with Gasteiger partial charge in [0.05, 0.1) is 5.02 Å². The molecule has 3 rings (SSSR count). The maximum atomic E-state index is 13.2. The molecule has 0 aliphatic rings. The van der Waals surface area contributed by atoms with Crippen LogP contribution in [0.5, 0.6) is 5.75 Å².